The maximum atomic E-state index is 5.92. The van der Waals surface area contributed by atoms with E-state index in [9.17, 15) is 0 Å². The highest BCUT2D eigenvalue weighted by atomic mass is 35.5. The predicted octanol–water partition coefficient (Wildman–Crippen LogP) is 5.22. The lowest BCUT2D eigenvalue weighted by Crippen LogP contribution is -2.08. The second-order valence-electron chi connectivity index (χ2n) is 4.85. The molecule has 2 nitrogen and oxygen atoms in total. The second-order valence-corrected chi connectivity index (χ2v) is 5.29. The molecule has 2 rings (SSSR count). The first-order valence-electron chi connectivity index (χ1n) is 6.85. The standard InChI is InChI=1S/C17H20ClNO/c1-4-20-17-11-12(2)5-10-16(17)19-13(3)14-6-8-15(18)9-7-14/h5-11,13,19H,4H2,1-3H3. The summed E-state index contributed by atoms with van der Waals surface area (Å²) in [6.45, 7) is 6.84. The van der Waals surface area contributed by atoms with Gasteiger partial charge in [0.15, 0.2) is 0 Å². The average Bonchev–Trinajstić information content (AvgIpc) is 2.43. The highest BCUT2D eigenvalue weighted by Crippen LogP contribution is 2.29. The Labute approximate surface area is 125 Å². The summed E-state index contributed by atoms with van der Waals surface area (Å²) in [5, 5.41) is 4.25. The lowest BCUT2D eigenvalue weighted by atomic mass is 10.1. The van der Waals surface area contributed by atoms with Crippen LogP contribution in [0.15, 0.2) is 42.5 Å². The van der Waals surface area contributed by atoms with Gasteiger partial charge in [-0.3, -0.25) is 0 Å². The van der Waals surface area contributed by atoms with Crippen LogP contribution in [0.25, 0.3) is 0 Å². The maximum absolute atomic E-state index is 5.92. The van der Waals surface area contributed by atoms with E-state index < -0.39 is 0 Å². The number of rotatable bonds is 5. The average molecular weight is 290 g/mol. The van der Waals surface area contributed by atoms with E-state index >= 15 is 0 Å². The van der Waals surface area contributed by atoms with E-state index in [4.69, 9.17) is 16.3 Å². The molecule has 0 spiro atoms. The number of anilines is 1. The summed E-state index contributed by atoms with van der Waals surface area (Å²) in [6, 6.07) is 14.3. The number of hydrogen-bond acceptors (Lipinski definition) is 2. The minimum Gasteiger partial charge on any atom is -0.492 e. The Bertz CT molecular complexity index is 566. The molecule has 1 atom stereocenters. The van der Waals surface area contributed by atoms with Crippen molar-refractivity contribution in [1.29, 1.82) is 0 Å². The normalized spacial score (nSPS) is 12.0. The van der Waals surface area contributed by atoms with Gasteiger partial charge in [0.05, 0.1) is 12.3 Å². The molecule has 106 valence electrons. The quantitative estimate of drug-likeness (QED) is 0.815. The zero-order valence-corrected chi connectivity index (χ0v) is 12.9. The lowest BCUT2D eigenvalue weighted by Gasteiger charge is -2.19. The molecular formula is C17H20ClNO. The van der Waals surface area contributed by atoms with Gasteiger partial charge in [-0.15, -0.1) is 0 Å². The molecule has 0 bridgehead atoms. The molecule has 0 aliphatic carbocycles. The van der Waals surface area contributed by atoms with Gasteiger partial charge >= 0.3 is 0 Å². The Balaban J connectivity index is 2.18. The van der Waals surface area contributed by atoms with Crippen molar-refractivity contribution in [3.8, 4) is 5.75 Å². The number of aryl methyl sites for hydroxylation is 1. The number of halogens is 1. The highest BCUT2D eigenvalue weighted by molar-refractivity contribution is 6.30. The minimum atomic E-state index is 0.189. The van der Waals surface area contributed by atoms with Crippen LogP contribution in [0.3, 0.4) is 0 Å². The fraction of sp³-hybridized carbons (Fsp3) is 0.294. The molecule has 0 aliphatic heterocycles. The van der Waals surface area contributed by atoms with Crippen molar-refractivity contribution in [2.24, 2.45) is 0 Å². The van der Waals surface area contributed by atoms with Gasteiger partial charge in [0.25, 0.3) is 0 Å². The number of benzene rings is 2. The van der Waals surface area contributed by atoms with Crippen molar-refractivity contribution in [2.45, 2.75) is 26.8 Å². The van der Waals surface area contributed by atoms with E-state index in [2.05, 4.69) is 37.4 Å². The zero-order chi connectivity index (χ0) is 14.5. The third-order valence-electron chi connectivity index (χ3n) is 3.18. The Kier molecular flexibility index (Phi) is 4.91. The van der Waals surface area contributed by atoms with Gasteiger partial charge in [-0.1, -0.05) is 29.8 Å². The number of ether oxygens (including phenoxy) is 1. The van der Waals surface area contributed by atoms with Crippen molar-refractivity contribution in [3.05, 3.63) is 58.6 Å². The van der Waals surface area contributed by atoms with E-state index in [1.807, 2.05) is 31.2 Å². The number of hydrogen-bond donors (Lipinski definition) is 1. The molecule has 0 saturated carbocycles. The van der Waals surface area contributed by atoms with Crippen LogP contribution in [-0.4, -0.2) is 6.61 Å². The van der Waals surface area contributed by atoms with Crippen LogP contribution in [0, 0.1) is 6.92 Å². The summed E-state index contributed by atoms with van der Waals surface area (Å²) in [5.41, 5.74) is 3.40. The van der Waals surface area contributed by atoms with E-state index in [-0.39, 0.29) is 6.04 Å². The van der Waals surface area contributed by atoms with Crippen LogP contribution < -0.4 is 10.1 Å². The fourth-order valence-corrected chi connectivity index (χ4v) is 2.22. The lowest BCUT2D eigenvalue weighted by molar-refractivity contribution is 0.341. The third-order valence-corrected chi connectivity index (χ3v) is 3.43. The van der Waals surface area contributed by atoms with Gasteiger partial charge in [-0.2, -0.15) is 0 Å². The van der Waals surface area contributed by atoms with Crippen molar-refractivity contribution in [2.75, 3.05) is 11.9 Å². The van der Waals surface area contributed by atoms with Gasteiger partial charge in [0, 0.05) is 11.1 Å². The molecule has 1 unspecified atom stereocenters. The smallest absolute Gasteiger partial charge is 0.142 e. The molecule has 1 N–H and O–H groups in total. The molecule has 0 fully saturated rings. The molecule has 2 aromatic rings. The summed E-state index contributed by atoms with van der Waals surface area (Å²) in [6.07, 6.45) is 0. The first-order valence-corrected chi connectivity index (χ1v) is 7.23. The maximum Gasteiger partial charge on any atom is 0.142 e. The van der Waals surface area contributed by atoms with Gasteiger partial charge < -0.3 is 10.1 Å². The van der Waals surface area contributed by atoms with E-state index in [1.54, 1.807) is 0 Å². The molecule has 0 aromatic heterocycles. The molecule has 0 radical (unpaired) electrons. The molecule has 3 heteroatoms. The summed E-state index contributed by atoms with van der Waals surface area (Å²) in [4.78, 5) is 0. The second kappa shape index (κ2) is 6.67. The van der Waals surface area contributed by atoms with E-state index in [0.717, 1.165) is 16.5 Å². The molecule has 0 amide bonds. The Hall–Kier alpha value is -1.67. The number of nitrogens with one attached hydrogen (secondary N) is 1. The van der Waals surface area contributed by atoms with E-state index in [1.165, 1.54) is 11.1 Å². The van der Waals surface area contributed by atoms with Crippen LogP contribution in [0.5, 0.6) is 5.75 Å². The van der Waals surface area contributed by atoms with Crippen LogP contribution in [-0.2, 0) is 0 Å². The summed E-state index contributed by atoms with van der Waals surface area (Å²) in [5.74, 6) is 0.897. The molecule has 20 heavy (non-hydrogen) atoms. The molecule has 0 saturated heterocycles. The van der Waals surface area contributed by atoms with Gasteiger partial charge in [0.1, 0.15) is 5.75 Å². The van der Waals surface area contributed by atoms with Crippen molar-refractivity contribution in [3.63, 3.8) is 0 Å². The zero-order valence-electron chi connectivity index (χ0n) is 12.1. The first-order chi connectivity index (χ1) is 9.60. The fourth-order valence-electron chi connectivity index (χ4n) is 2.09. The van der Waals surface area contributed by atoms with Crippen LogP contribution in [0.2, 0.25) is 5.02 Å². The van der Waals surface area contributed by atoms with Gasteiger partial charge in [-0.05, 0) is 56.2 Å². The SMILES string of the molecule is CCOc1cc(C)ccc1NC(C)c1ccc(Cl)cc1. The van der Waals surface area contributed by atoms with Crippen LogP contribution in [0.4, 0.5) is 5.69 Å². The van der Waals surface area contributed by atoms with E-state index in [0.29, 0.717) is 6.61 Å². The largest absolute Gasteiger partial charge is 0.492 e. The van der Waals surface area contributed by atoms with Crippen molar-refractivity contribution >= 4 is 17.3 Å². The highest BCUT2D eigenvalue weighted by Gasteiger charge is 2.09. The Morgan fingerprint density at radius 3 is 2.50 bits per heavy atom. The molecule has 2 aromatic carbocycles. The minimum absolute atomic E-state index is 0.189. The molecule has 0 heterocycles. The Morgan fingerprint density at radius 2 is 1.85 bits per heavy atom. The van der Waals surface area contributed by atoms with Crippen molar-refractivity contribution in [1.82, 2.24) is 0 Å². The molecule has 0 aliphatic rings. The first kappa shape index (κ1) is 14.7. The Morgan fingerprint density at radius 1 is 1.15 bits per heavy atom. The van der Waals surface area contributed by atoms with Gasteiger partial charge in [-0.25, -0.2) is 0 Å². The van der Waals surface area contributed by atoms with Gasteiger partial charge in [0.2, 0.25) is 0 Å². The summed E-state index contributed by atoms with van der Waals surface area (Å²) >= 11 is 5.92. The van der Waals surface area contributed by atoms with Crippen LogP contribution >= 0.6 is 11.6 Å². The molecular weight excluding hydrogens is 270 g/mol. The van der Waals surface area contributed by atoms with Crippen molar-refractivity contribution < 1.29 is 4.74 Å². The third kappa shape index (κ3) is 3.67. The van der Waals surface area contributed by atoms with Crippen LogP contribution in [0.1, 0.15) is 31.0 Å². The summed E-state index contributed by atoms with van der Waals surface area (Å²) in [7, 11) is 0. The summed E-state index contributed by atoms with van der Waals surface area (Å²) < 4.78 is 5.69. The topological polar surface area (TPSA) is 21.3 Å². The predicted molar refractivity (Wildman–Crippen MR) is 85.8 cm³/mol. The monoisotopic (exact) mass is 289 g/mol.